The van der Waals surface area contributed by atoms with E-state index in [9.17, 15) is 0 Å². The van der Waals surface area contributed by atoms with Crippen molar-refractivity contribution in [2.24, 2.45) is 5.16 Å². The standard InChI is InChI=1S/C6H10NO2/c1-2-8-5-6-3-4-7-9-6/h6H,2-3,5H2,1H3. The van der Waals surface area contributed by atoms with Gasteiger partial charge in [0.05, 0.1) is 6.61 Å². The highest BCUT2D eigenvalue weighted by Crippen LogP contribution is 2.03. The van der Waals surface area contributed by atoms with Gasteiger partial charge < -0.3 is 9.57 Å². The van der Waals surface area contributed by atoms with Gasteiger partial charge in [-0.2, -0.15) is 0 Å². The molecule has 0 aromatic rings. The average molecular weight is 128 g/mol. The number of nitrogens with zero attached hydrogens (tertiary/aromatic N) is 1. The smallest absolute Gasteiger partial charge is 0.156 e. The first-order valence-electron chi connectivity index (χ1n) is 3.10. The summed E-state index contributed by atoms with van der Waals surface area (Å²) in [5.41, 5.74) is 0. The van der Waals surface area contributed by atoms with Crippen molar-refractivity contribution < 1.29 is 9.57 Å². The Bertz CT molecular complexity index is 95.2. The lowest BCUT2D eigenvalue weighted by Gasteiger charge is -2.05. The molecule has 1 radical (unpaired) electrons. The fourth-order valence-electron chi connectivity index (χ4n) is 0.627. The molecule has 0 spiro atoms. The van der Waals surface area contributed by atoms with Gasteiger partial charge in [0.15, 0.2) is 6.10 Å². The Kier molecular flexibility index (Phi) is 2.51. The minimum Gasteiger partial charge on any atom is -0.389 e. The van der Waals surface area contributed by atoms with Crippen LogP contribution in [0.4, 0.5) is 0 Å². The molecule has 0 saturated carbocycles. The van der Waals surface area contributed by atoms with Crippen LogP contribution >= 0.6 is 0 Å². The lowest BCUT2D eigenvalue weighted by atomic mass is 10.3. The molecule has 0 bridgehead atoms. The third kappa shape index (κ3) is 2.01. The van der Waals surface area contributed by atoms with E-state index in [0.717, 1.165) is 13.0 Å². The molecule has 0 saturated heterocycles. The van der Waals surface area contributed by atoms with Gasteiger partial charge in [-0.15, -0.1) is 0 Å². The third-order valence-corrected chi connectivity index (χ3v) is 1.09. The maximum Gasteiger partial charge on any atom is 0.156 e. The molecule has 0 aliphatic carbocycles. The van der Waals surface area contributed by atoms with Crippen LogP contribution < -0.4 is 0 Å². The second kappa shape index (κ2) is 3.45. The molecule has 3 heteroatoms. The van der Waals surface area contributed by atoms with E-state index >= 15 is 0 Å². The molecule has 0 aromatic carbocycles. The molecule has 1 rings (SSSR count). The Labute approximate surface area is 54.6 Å². The SMILES string of the molecule is CCOCC1C[C]=NO1. The van der Waals surface area contributed by atoms with Crippen LogP contribution in [-0.2, 0) is 9.57 Å². The van der Waals surface area contributed by atoms with Crippen molar-refractivity contribution in [1.29, 1.82) is 0 Å². The largest absolute Gasteiger partial charge is 0.389 e. The second-order valence-corrected chi connectivity index (χ2v) is 1.84. The summed E-state index contributed by atoms with van der Waals surface area (Å²) in [7, 11) is 0. The second-order valence-electron chi connectivity index (χ2n) is 1.84. The summed E-state index contributed by atoms with van der Waals surface area (Å²) in [5, 5.41) is 3.49. The van der Waals surface area contributed by atoms with E-state index in [-0.39, 0.29) is 6.10 Å². The van der Waals surface area contributed by atoms with Crippen LogP contribution in [0.25, 0.3) is 0 Å². The first kappa shape index (κ1) is 6.55. The van der Waals surface area contributed by atoms with E-state index in [1.165, 1.54) is 0 Å². The average Bonchev–Trinajstić information content (AvgIpc) is 2.34. The maximum absolute atomic E-state index is 5.09. The predicted molar refractivity (Wildman–Crippen MR) is 33.4 cm³/mol. The van der Waals surface area contributed by atoms with Crippen LogP contribution in [0.1, 0.15) is 13.3 Å². The summed E-state index contributed by atoms with van der Waals surface area (Å²) >= 11 is 0. The van der Waals surface area contributed by atoms with Gasteiger partial charge in [0.1, 0.15) is 6.21 Å². The van der Waals surface area contributed by atoms with E-state index in [1.54, 1.807) is 0 Å². The number of hydrogen-bond acceptors (Lipinski definition) is 3. The summed E-state index contributed by atoms with van der Waals surface area (Å²) in [4.78, 5) is 4.84. The van der Waals surface area contributed by atoms with Crippen molar-refractivity contribution in [1.82, 2.24) is 0 Å². The maximum atomic E-state index is 5.09. The molecular formula is C6H10NO2. The monoisotopic (exact) mass is 128 g/mol. The van der Waals surface area contributed by atoms with Gasteiger partial charge in [-0.3, -0.25) is 0 Å². The van der Waals surface area contributed by atoms with Gasteiger partial charge in [-0.1, -0.05) is 5.16 Å². The highest BCUT2D eigenvalue weighted by Gasteiger charge is 2.12. The summed E-state index contributed by atoms with van der Waals surface area (Å²) in [6.45, 7) is 3.33. The van der Waals surface area contributed by atoms with Crippen LogP contribution in [0.3, 0.4) is 0 Å². The van der Waals surface area contributed by atoms with Crippen molar-refractivity contribution in [2.75, 3.05) is 13.2 Å². The molecule has 0 aromatic heterocycles. The van der Waals surface area contributed by atoms with Crippen LogP contribution in [0, 0.1) is 0 Å². The fourth-order valence-corrected chi connectivity index (χ4v) is 0.627. The Morgan fingerprint density at radius 1 is 1.89 bits per heavy atom. The number of hydrogen-bond donors (Lipinski definition) is 0. The summed E-state index contributed by atoms with van der Waals surface area (Å²) < 4.78 is 5.09. The molecule has 0 N–H and O–H groups in total. The summed E-state index contributed by atoms with van der Waals surface area (Å²) in [6.07, 6.45) is 3.58. The van der Waals surface area contributed by atoms with Crippen LogP contribution in [0.15, 0.2) is 5.16 Å². The lowest BCUT2D eigenvalue weighted by molar-refractivity contribution is 0.00673. The molecule has 1 aliphatic heterocycles. The highest BCUT2D eigenvalue weighted by atomic mass is 16.7. The van der Waals surface area contributed by atoms with Crippen molar-refractivity contribution in [3.8, 4) is 0 Å². The van der Waals surface area contributed by atoms with Crippen molar-refractivity contribution in [2.45, 2.75) is 19.4 Å². The zero-order valence-electron chi connectivity index (χ0n) is 5.46. The zero-order chi connectivity index (χ0) is 6.53. The van der Waals surface area contributed by atoms with Gasteiger partial charge in [-0.05, 0) is 6.92 Å². The number of rotatable bonds is 3. The van der Waals surface area contributed by atoms with E-state index in [1.807, 2.05) is 6.92 Å². The Balaban J connectivity index is 2.01. The highest BCUT2D eigenvalue weighted by molar-refractivity contribution is 5.58. The normalized spacial score (nSPS) is 24.3. The predicted octanol–water partition coefficient (Wildman–Crippen LogP) is 0.675. The molecule has 0 amide bonds. The summed E-state index contributed by atoms with van der Waals surface area (Å²) in [5.74, 6) is 0. The van der Waals surface area contributed by atoms with Gasteiger partial charge in [0.2, 0.25) is 0 Å². The van der Waals surface area contributed by atoms with E-state index < -0.39 is 0 Å². The molecule has 1 atom stereocenters. The van der Waals surface area contributed by atoms with Gasteiger partial charge in [0.25, 0.3) is 0 Å². The molecule has 1 heterocycles. The lowest BCUT2D eigenvalue weighted by Crippen LogP contribution is -2.13. The summed E-state index contributed by atoms with van der Waals surface area (Å²) in [6, 6.07) is 0. The molecule has 51 valence electrons. The van der Waals surface area contributed by atoms with E-state index in [0.29, 0.717) is 6.61 Å². The van der Waals surface area contributed by atoms with Crippen LogP contribution in [-0.4, -0.2) is 25.5 Å². The molecule has 0 fully saturated rings. The molecule has 9 heavy (non-hydrogen) atoms. The fraction of sp³-hybridized carbons (Fsp3) is 0.833. The van der Waals surface area contributed by atoms with Crippen molar-refractivity contribution >= 4 is 6.21 Å². The van der Waals surface area contributed by atoms with Gasteiger partial charge >= 0.3 is 0 Å². The minimum absolute atomic E-state index is 0.116. The van der Waals surface area contributed by atoms with Crippen molar-refractivity contribution in [3.63, 3.8) is 0 Å². The Morgan fingerprint density at radius 2 is 2.78 bits per heavy atom. The Hall–Kier alpha value is -0.570. The molecular weight excluding hydrogens is 118 g/mol. The van der Waals surface area contributed by atoms with Crippen LogP contribution in [0.2, 0.25) is 0 Å². The van der Waals surface area contributed by atoms with Gasteiger partial charge in [-0.25, -0.2) is 0 Å². The van der Waals surface area contributed by atoms with Crippen LogP contribution in [0.5, 0.6) is 0 Å². The first-order valence-corrected chi connectivity index (χ1v) is 3.10. The zero-order valence-corrected chi connectivity index (χ0v) is 5.46. The topological polar surface area (TPSA) is 30.8 Å². The van der Waals surface area contributed by atoms with E-state index in [4.69, 9.17) is 9.57 Å². The van der Waals surface area contributed by atoms with E-state index in [2.05, 4.69) is 11.4 Å². The van der Waals surface area contributed by atoms with Crippen molar-refractivity contribution in [3.05, 3.63) is 0 Å². The van der Waals surface area contributed by atoms with Gasteiger partial charge in [0, 0.05) is 13.0 Å². The Morgan fingerprint density at radius 3 is 3.33 bits per heavy atom. The molecule has 1 aliphatic rings. The first-order chi connectivity index (χ1) is 4.43. The quantitative estimate of drug-likeness (QED) is 0.559. The minimum atomic E-state index is 0.116. The number of ether oxygens (including phenoxy) is 1. The third-order valence-electron chi connectivity index (χ3n) is 1.09. The molecule has 3 nitrogen and oxygen atoms in total. The molecule has 1 unspecified atom stereocenters.